The summed E-state index contributed by atoms with van der Waals surface area (Å²) in [6, 6.07) is 11.2. The lowest BCUT2D eigenvalue weighted by molar-refractivity contribution is 0.621. The van der Waals surface area contributed by atoms with Crippen molar-refractivity contribution in [1.82, 2.24) is 4.98 Å². The van der Waals surface area contributed by atoms with Crippen molar-refractivity contribution >= 4 is 28.2 Å². The maximum atomic E-state index is 6.03. The van der Waals surface area contributed by atoms with Crippen LogP contribution in [0, 0.1) is 0 Å². The number of hydrogen-bond donors (Lipinski definition) is 0. The molecule has 0 amide bonds. The van der Waals surface area contributed by atoms with Crippen LogP contribution in [0.15, 0.2) is 30.3 Å². The lowest BCUT2D eigenvalue weighted by Crippen LogP contribution is -2.33. The van der Waals surface area contributed by atoms with E-state index in [0.29, 0.717) is 11.9 Å². The van der Waals surface area contributed by atoms with Gasteiger partial charge in [-0.05, 0) is 31.9 Å². The molecule has 0 spiro atoms. The van der Waals surface area contributed by atoms with Crippen LogP contribution in [0.3, 0.4) is 0 Å². The zero-order valence-corrected chi connectivity index (χ0v) is 12.7. The molecule has 3 rings (SSSR count). The first-order valence-electron chi connectivity index (χ1n) is 7.54. The molecule has 106 valence electrons. The van der Waals surface area contributed by atoms with Gasteiger partial charge in [-0.1, -0.05) is 31.0 Å². The van der Waals surface area contributed by atoms with E-state index in [-0.39, 0.29) is 0 Å². The molecule has 0 bridgehead atoms. The highest BCUT2D eigenvalue weighted by atomic mass is 35.5. The smallest absolute Gasteiger partial charge is 0.0726 e. The fraction of sp³-hybridized carbons (Fsp3) is 0.471. The Morgan fingerprint density at radius 3 is 2.70 bits per heavy atom. The summed E-state index contributed by atoms with van der Waals surface area (Å²) < 4.78 is 0. The largest absolute Gasteiger partial charge is 0.368 e. The molecule has 0 N–H and O–H groups in total. The van der Waals surface area contributed by atoms with Gasteiger partial charge in [0.1, 0.15) is 0 Å². The lowest BCUT2D eigenvalue weighted by atomic mass is 10.1. The van der Waals surface area contributed by atoms with Crippen LogP contribution in [0.4, 0.5) is 5.69 Å². The van der Waals surface area contributed by atoms with E-state index in [4.69, 9.17) is 11.6 Å². The predicted molar refractivity (Wildman–Crippen MR) is 86.6 cm³/mol. The quantitative estimate of drug-likeness (QED) is 0.755. The van der Waals surface area contributed by atoms with Gasteiger partial charge in [0, 0.05) is 23.7 Å². The zero-order chi connectivity index (χ0) is 13.9. The molecule has 1 aliphatic rings. The summed E-state index contributed by atoms with van der Waals surface area (Å²) in [6.07, 6.45) is 5.32. The van der Waals surface area contributed by atoms with E-state index < -0.39 is 0 Å². The monoisotopic (exact) mass is 288 g/mol. The maximum absolute atomic E-state index is 6.03. The van der Waals surface area contributed by atoms with Crippen LogP contribution in [0.25, 0.3) is 10.9 Å². The SMILES string of the molecule is CCN(c1cc(CCl)nc2ccccc12)C1CCCC1. The van der Waals surface area contributed by atoms with Gasteiger partial charge in [0.25, 0.3) is 0 Å². The summed E-state index contributed by atoms with van der Waals surface area (Å²) in [6.45, 7) is 3.29. The number of pyridine rings is 1. The molecular formula is C17H21ClN2. The third-order valence-corrected chi connectivity index (χ3v) is 4.57. The second kappa shape index (κ2) is 6.01. The average molecular weight is 289 g/mol. The van der Waals surface area contributed by atoms with Gasteiger partial charge in [0.15, 0.2) is 0 Å². The Morgan fingerprint density at radius 2 is 2.00 bits per heavy atom. The van der Waals surface area contributed by atoms with Crippen molar-refractivity contribution in [3.8, 4) is 0 Å². The molecule has 0 aliphatic heterocycles. The molecule has 1 aromatic carbocycles. The van der Waals surface area contributed by atoms with Crippen LogP contribution >= 0.6 is 11.6 Å². The van der Waals surface area contributed by atoms with Gasteiger partial charge in [0.2, 0.25) is 0 Å². The third kappa shape index (κ3) is 2.49. The molecule has 1 heterocycles. The fourth-order valence-electron chi connectivity index (χ4n) is 3.36. The second-order valence-electron chi connectivity index (χ2n) is 5.51. The van der Waals surface area contributed by atoms with E-state index in [2.05, 4.69) is 41.1 Å². The summed E-state index contributed by atoms with van der Waals surface area (Å²) in [5, 5.41) is 1.25. The summed E-state index contributed by atoms with van der Waals surface area (Å²) in [7, 11) is 0. The molecule has 1 aliphatic carbocycles. The molecule has 3 heteroatoms. The average Bonchev–Trinajstić information content (AvgIpc) is 3.02. The van der Waals surface area contributed by atoms with Crippen molar-refractivity contribution in [3.05, 3.63) is 36.0 Å². The Labute approximate surface area is 125 Å². The number of halogens is 1. The Balaban J connectivity index is 2.11. The van der Waals surface area contributed by atoms with Crippen molar-refractivity contribution in [1.29, 1.82) is 0 Å². The number of aromatic nitrogens is 1. The number of benzene rings is 1. The molecule has 0 unspecified atom stereocenters. The standard InChI is InChI=1S/C17H21ClN2/c1-2-20(14-7-3-4-8-14)17-11-13(12-18)19-16-10-6-5-9-15(16)17/h5-6,9-11,14H,2-4,7-8,12H2,1H3. The molecule has 2 aromatic rings. The lowest BCUT2D eigenvalue weighted by Gasteiger charge is -2.31. The first-order valence-corrected chi connectivity index (χ1v) is 8.08. The summed E-state index contributed by atoms with van der Waals surface area (Å²) in [5.74, 6) is 0.472. The molecule has 1 aromatic heterocycles. The normalized spacial score (nSPS) is 15.9. The highest BCUT2D eigenvalue weighted by Gasteiger charge is 2.23. The van der Waals surface area contributed by atoms with Gasteiger partial charge < -0.3 is 4.90 Å². The molecule has 1 saturated carbocycles. The van der Waals surface area contributed by atoms with E-state index >= 15 is 0 Å². The van der Waals surface area contributed by atoms with Crippen LogP contribution in [-0.4, -0.2) is 17.6 Å². The Hall–Kier alpha value is -1.28. The first kappa shape index (κ1) is 13.7. The highest BCUT2D eigenvalue weighted by molar-refractivity contribution is 6.17. The van der Waals surface area contributed by atoms with Gasteiger partial charge in [-0.3, -0.25) is 4.98 Å². The zero-order valence-electron chi connectivity index (χ0n) is 12.0. The van der Waals surface area contributed by atoms with E-state index in [1.807, 2.05) is 6.07 Å². The second-order valence-corrected chi connectivity index (χ2v) is 5.78. The molecule has 0 saturated heterocycles. The molecule has 2 nitrogen and oxygen atoms in total. The van der Waals surface area contributed by atoms with Crippen molar-refractivity contribution in [3.63, 3.8) is 0 Å². The highest BCUT2D eigenvalue weighted by Crippen LogP contribution is 2.33. The summed E-state index contributed by atoms with van der Waals surface area (Å²) in [4.78, 5) is 7.19. The number of alkyl halides is 1. The predicted octanol–water partition coefficient (Wildman–Crippen LogP) is 4.74. The molecule has 0 atom stereocenters. The fourth-order valence-corrected chi connectivity index (χ4v) is 3.49. The molecular weight excluding hydrogens is 268 g/mol. The number of anilines is 1. The van der Waals surface area contributed by atoms with E-state index in [9.17, 15) is 0 Å². The van der Waals surface area contributed by atoms with E-state index in [1.54, 1.807) is 0 Å². The maximum Gasteiger partial charge on any atom is 0.0726 e. The molecule has 20 heavy (non-hydrogen) atoms. The van der Waals surface area contributed by atoms with Crippen molar-refractivity contribution in [2.45, 2.75) is 44.5 Å². The number of nitrogens with zero attached hydrogens (tertiary/aromatic N) is 2. The summed E-state index contributed by atoms with van der Waals surface area (Å²) >= 11 is 6.03. The van der Waals surface area contributed by atoms with Gasteiger partial charge in [-0.25, -0.2) is 0 Å². The Morgan fingerprint density at radius 1 is 1.25 bits per heavy atom. The minimum absolute atomic E-state index is 0.472. The number of para-hydroxylation sites is 1. The van der Waals surface area contributed by atoms with Gasteiger partial charge in [0.05, 0.1) is 17.1 Å². The van der Waals surface area contributed by atoms with Crippen LogP contribution < -0.4 is 4.90 Å². The third-order valence-electron chi connectivity index (χ3n) is 4.30. The van der Waals surface area contributed by atoms with Crippen LogP contribution in [0.5, 0.6) is 0 Å². The van der Waals surface area contributed by atoms with Crippen molar-refractivity contribution in [2.75, 3.05) is 11.4 Å². The number of hydrogen-bond acceptors (Lipinski definition) is 2. The first-order chi connectivity index (χ1) is 9.83. The van der Waals surface area contributed by atoms with Crippen LogP contribution in [0.1, 0.15) is 38.3 Å². The van der Waals surface area contributed by atoms with Gasteiger partial charge >= 0.3 is 0 Å². The van der Waals surface area contributed by atoms with E-state index in [0.717, 1.165) is 17.8 Å². The van der Waals surface area contributed by atoms with Crippen molar-refractivity contribution < 1.29 is 0 Å². The Bertz CT molecular complexity index is 591. The number of rotatable bonds is 4. The minimum Gasteiger partial charge on any atom is -0.368 e. The van der Waals surface area contributed by atoms with Gasteiger partial charge in [-0.15, -0.1) is 11.6 Å². The number of fused-ring (bicyclic) bond motifs is 1. The van der Waals surface area contributed by atoms with E-state index in [1.165, 1.54) is 36.8 Å². The van der Waals surface area contributed by atoms with Crippen LogP contribution in [0.2, 0.25) is 0 Å². The van der Waals surface area contributed by atoms with Crippen molar-refractivity contribution in [2.24, 2.45) is 0 Å². The summed E-state index contributed by atoms with van der Waals surface area (Å²) in [5.41, 5.74) is 3.33. The molecule has 0 radical (unpaired) electrons. The Kier molecular flexibility index (Phi) is 4.11. The topological polar surface area (TPSA) is 16.1 Å². The van der Waals surface area contributed by atoms with Gasteiger partial charge in [-0.2, -0.15) is 0 Å². The molecule has 1 fully saturated rings. The minimum atomic E-state index is 0.472. The van der Waals surface area contributed by atoms with Crippen LogP contribution in [-0.2, 0) is 5.88 Å².